The van der Waals surface area contributed by atoms with Gasteiger partial charge in [-0.05, 0) is 36.6 Å². The molecule has 0 fully saturated rings. The van der Waals surface area contributed by atoms with Crippen molar-refractivity contribution in [1.82, 2.24) is 0 Å². The van der Waals surface area contributed by atoms with Gasteiger partial charge in [0, 0.05) is 6.42 Å². The Morgan fingerprint density at radius 1 is 1.14 bits per heavy atom. The molecule has 21 heavy (non-hydrogen) atoms. The molecule has 0 N–H and O–H groups in total. The Balaban J connectivity index is 2.19. The first-order valence-corrected chi connectivity index (χ1v) is 6.67. The van der Waals surface area contributed by atoms with Gasteiger partial charge in [-0.1, -0.05) is 42.0 Å². The third kappa shape index (κ3) is 4.02. The van der Waals surface area contributed by atoms with Gasteiger partial charge in [0.15, 0.2) is 0 Å². The molecule has 0 saturated carbocycles. The predicted octanol–water partition coefficient (Wildman–Crippen LogP) is 3.40. The Hall–Kier alpha value is -2.42. The van der Waals surface area contributed by atoms with Crippen LogP contribution in [0.1, 0.15) is 35.4 Å². The normalized spacial score (nSPS) is 12.3. The monoisotopic (exact) mass is 284 g/mol. The smallest absolute Gasteiger partial charge is 0.338 e. The van der Waals surface area contributed by atoms with Gasteiger partial charge in [0.25, 0.3) is 0 Å². The number of hydrogen-bond acceptors (Lipinski definition) is 3. The molecule has 0 bridgehead atoms. The molecule has 0 atom stereocenters. The Bertz CT molecular complexity index is 722. The summed E-state index contributed by atoms with van der Waals surface area (Å²) in [6.07, 6.45) is 1.05. The zero-order chi connectivity index (χ0) is 17.0. The van der Waals surface area contributed by atoms with Crippen molar-refractivity contribution in [3.63, 3.8) is 0 Å². The first-order chi connectivity index (χ1) is 10.8. The number of ether oxygens (including phenoxy) is 1. The van der Waals surface area contributed by atoms with E-state index >= 15 is 0 Å². The van der Waals surface area contributed by atoms with Crippen molar-refractivity contribution in [2.45, 2.75) is 26.8 Å². The Kier molecular flexibility index (Phi) is 4.02. The summed E-state index contributed by atoms with van der Waals surface area (Å²) in [6.45, 7) is 1.46. The summed E-state index contributed by atoms with van der Waals surface area (Å²) in [4.78, 5) is 22.7. The molecule has 0 radical (unpaired) electrons. The van der Waals surface area contributed by atoms with Crippen molar-refractivity contribution in [2.75, 3.05) is 0 Å². The molecule has 2 aromatic carbocycles. The minimum Gasteiger partial charge on any atom is -0.457 e. The summed E-state index contributed by atoms with van der Waals surface area (Å²) in [6, 6.07) is 11.6. The minimum atomic E-state index is -2.24. The van der Waals surface area contributed by atoms with Crippen molar-refractivity contribution in [3.05, 3.63) is 70.3 Å². The number of carbonyl (C=O) groups excluding carboxylic acids is 2. The molecule has 2 aromatic rings. The molecule has 0 aromatic heterocycles. The van der Waals surface area contributed by atoms with E-state index in [1.807, 2.05) is 13.0 Å². The second-order valence-electron chi connectivity index (χ2n) is 4.88. The zero-order valence-corrected chi connectivity index (χ0v) is 12.1. The Morgan fingerprint density at radius 2 is 1.81 bits per heavy atom. The van der Waals surface area contributed by atoms with E-state index < -0.39 is 12.5 Å². The fourth-order valence-corrected chi connectivity index (χ4v) is 2.01. The maximum absolute atomic E-state index is 12.2. The van der Waals surface area contributed by atoms with Gasteiger partial charge in [-0.2, -0.15) is 0 Å². The molecular formula is C18H18O3. The fourth-order valence-electron chi connectivity index (χ4n) is 2.01. The van der Waals surface area contributed by atoms with Crippen LogP contribution in [0.5, 0.6) is 0 Å². The lowest BCUT2D eigenvalue weighted by molar-refractivity contribution is -0.107. The largest absolute Gasteiger partial charge is 0.457 e. The Morgan fingerprint density at radius 3 is 2.43 bits per heavy atom. The molecule has 3 heteroatoms. The van der Waals surface area contributed by atoms with E-state index in [0.717, 1.165) is 23.0 Å². The number of aryl methyl sites for hydroxylation is 2. The maximum atomic E-state index is 12.2. The van der Waals surface area contributed by atoms with Crippen LogP contribution >= 0.6 is 0 Å². The van der Waals surface area contributed by atoms with E-state index in [9.17, 15) is 9.59 Å². The van der Waals surface area contributed by atoms with Gasteiger partial charge in [0.05, 0.1) is 8.30 Å². The highest BCUT2D eigenvalue weighted by atomic mass is 16.5. The molecular weight excluding hydrogens is 264 g/mol. The average molecular weight is 284 g/mol. The Labute approximate surface area is 127 Å². The van der Waals surface area contributed by atoms with Gasteiger partial charge in [0.2, 0.25) is 0 Å². The van der Waals surface area contributed by atoms with Gasteiger partial charge < -0.3 is 9.53 Å². The van der Waals surface area contributed by atoms with Gasteiger partial charge in [-0.15, -0.1) is 0 Å². The molecule has 0 aliphatic carbocycles. The molecule has 0 heterocycles. The average Bonchev–Trinajstić information content (AvgIpc) is 2.47. The fraction of sp³-hybridized carbons (Fsp3) is 0.222. The van der Waals surface area contributed by atoms with Crippen molar-refractivity contribution >= 4 is 12.3 Å². The summed E-state index contributed by atoms with van der Waals surface area (Å²) < 4.78 is 21.0. The second-order valence-corrected chi connectivity index (χ2v) is 4.88. The van der Waals surface area contributed by atoms with Crippen LogP contribution in [0.3, 0.4) is 0 Å². The molecule has 0 aliphatic heterocycles. The van der Waals surface area contributed by atoms with Crippen LogP contribution in [0.15, 0.2) is 42.5 Å². The topological polar surface area (TPSA) is 43.4 Å². The molecule has 0 amide bonds. The molecule has 3 nitrogen and oxygen atoms in total. The SMILES string of the molecule is [2H]C([2H])(OC(=O)c1ccc(C)cc1C)c1ccc(CC=O)cc1. The number of rotatable bonds is 5. The number of carbonyl (C=O) groups is 2. The summed E-state index contributed by atoms with van der Waals surface area (Å²) in [7, 11) is 0. The predicted molar refractivity (Wildman–Crippen MR) is 81.2 cm³/mol. The van der Waals surface area contributed by atoms with Crippen molar-refractivity contribution in [2.24, 2.45) is 0 Å². The van der Waals surface area contributed by atoms with Crippen LogP contribution in [0.25, 0.3) is 0 Å². The summed E-state index contributed by atoms with van der Waals surface area (Å²) >= 11 is 0. The van der Waals surface area contributed by atoms with E-state index in [1.165, 1.54) is 12.1 Å². The highest BCUT2D eigenvalue weighted by Crippen LogP contribution is 2.13. The van der Waals surface area contributed by atoms with Gasteiger partial charge in [0.1, 0.15) is 12.8 Å². The first-order valence-electron chi connectivity index (χ1n) is 7.67. The molecule has 2 rings (SSSR count). The number of benzene rings is 2. The van der Waals surface area contributed by atoms with Gasteiger partial charge >= 0.3 is 5.97 Å². The zero-order valence-electron chi connectivity index (χ0n) is 14.1. The lowest BCUT2D eigenvalue weighted by Crippen LogP contribution is -2.07. The lowest BCUT2D eigenvalue weighted by atomic mass is 10.1. The second kappa shape index (κ2) is 6.84. The van der Waals surface area contributed by atoms with Crippen LogP contribution in [-0.4, -0.2) is 12.3 Å². The van der Waals surface area contributed by atoms with Crippen molar-refractivity contribution in [1.29, 1.82) is 0 Å². The summed E-state index contributed by atoms with van der Waals surface area (Å²) in [5, 5.41) is 0. The van der Waals surface area contributed by atoms with Crippen LogP contribution in [0.2, 0.25) is 0 Å². The van der Waals surface area contributed by atoms with E-state index in [0.29, 0.717) is 5.56 Å². The molecule has 0 spiro atoms. The number of hydrogen-bond donors (Lipinski definition) is 0. The quantitative estimate of drug-likeness (QED) is 0.624. The third-order valence-electron chi connectivity index (χ3n) is 3.14. The standard InChI is InChI=1S/C18H18O3/c1-13-3-8-17(14(2)11-13)18(20)21-12-16-6-4-15(5-7-16)9-10-19/h3-8,10-11H,9,12H2,1-2H3/i12D2. The molecule has 0 aliphatic rings. The molecule has 108 valence electrons. The minimum absolute atomic E-state index is 0.227. The van der Waals surface area contributed by atoms with E-state index in [4.69, 9.17) is 7.48 Å². The number of aldehydes is 1. The lowest BCUT2D eigenvalue weighted by Gasteiger charge is -2.08. The summed E-state index contributed by atoms with van der Waals surface area (Å²) in [5.41, 5.74) is 3.11. The maximum Gasteiger partial charge on any atom is 0.338 e. The van der Waals surface area contributed by atoms with Crippen LogP contribution < -0.4 is 0 Å². The van der Waals surface area contributed by atoms with E-state index in [-0.39, 0.29) is 12.0 Å². The van der Waals surface area contributed by atoms with E-state index in [1.54, 1.807) is 31.2 Å². The van der Waals surface area contributed by atoms with Crippen LogP contribution in [0, 0.1) is 13.8 Å². The van der Waals surface area contributed by atoms with Crippen molar-refractivity contribution < 1.29 is 17.1 Å². The highest BCUT2D eigenvalue weighted by molar-refractivity contribution is 5.91. The van der Waals surface area contributed by atoms with Crippen LogP contribution in [-0.2, 0) is 22.5 Å². The molecule has 0 saturated heterocycles. The van der Waals surface area contributed by atoms with Crippen LogP contribution in [0.4, 0.5) is 0 Å². The third-order valence-corrected chi connectivity index (χ3v) is 3.14. The van der Waals surface area contributed by atoms with E-state index in [2.05, 4.69) is 0 Å². The summed E-state index contributed by atoms with van der Waals surface area (Å²) in [5.74, 6) is -0.704. The van der Waals surface area contributed by atoms with Crippen molar-refractivity contribution in [3.8, 4) is 0 Å². The highest BCUT2D eigenvalue weighted by Gasteiger charge is 2.10. The van der Waals surface area contributed by atoms with Gasteiger partial charge in [-0.25, -0.2) is 4.79 Å². The van der Waals surface area contributed by atoms with Gasteiger partial charge in [-0.3, -0.25) is 0 Å². The number of esters is 1. The first kappa shape index (κ1) is 12.3. The molecule has 0 unspecified atom stereocenters.